The molecular formula is C26H17NO7. The third kappa shape index (κ3) is 2.75. The topological polar surface area (TPSA) is 113 Å². The predicted molar refractivity (Wildman–Crippen MR) is 118 cm³/mol. The highest BCUT2D eigenvalue weighted by molar-refractivity contribution is 6.12. The van der Waals surface area contributed by atoms with Gasteiger partial charge in [0, 0.05) is 47.5 Å². The molecule has 0 fully saturated rings. The Morgan fingerprint density at radius 3 is 2.00 bits per heavy atom. The summed E-state index contributed by atoms with van der Waals surface area (Å²) >= 11 is 0. The molecule has 3 aliphatic rings. The first-order chi connectivity index (χ1) is 16.4. The Morgan fingerprint density at radius 1 is 0.765 bits per heavy atom. The van der Waals surface area contributed by atoms with Gasteiger partial charge in [0.2, 0.25) is 0 Å². The minimum Gasteiger partial charge on any atom is -0.508 e. The van der Waals surface area contributed by atoms with E-state index in [0.29, 0.717) is 40.2 Å². The summed E-state index contributed by atoms with van der Waals surface area (Å²) in [6.45, 7) is 0.198. The van der Waals surface area contributed by atoms with Crippen molar-refractivity contribution >= 4 is 17.8 Å². The van der Waals surface area contributed by atoms with Gasteiger partial charge < -0.3 is 19.7 Å². The highest BCUT2D eigenvalue weighted by atomic mass is 16.6. The fourth-order valence-electron chi connectivity index (χ4n) is 4.79. The van der Waals surface area contributed by atoms with Crippen LogP contribution in [0, 0.1) is 0 Å². The van der Waals surface area contributed by atoms with Gasteiger partial charge in [0.05, 0.1) is 5.56 Å². The van der Waals surface area contributed by atoms with Gasteiger partial charge >= 0.3 is 5.97 Å². The van der Waals surface area contributed by atoms with Crippen LogP contribution in [0.3, 0.4) is 0 Å². The first kappa shape index (κ1) is 20.0. The molecule has 2 amide bonds. The highest BCUT2D eigenvalue weighted by Crippen LogP contribution is 2.57. The molecule has 0 aromatic heterocycles. The van der Waals surface area contributed by atoms with Crippen molar-refractivity contribution in [3.05, 3.63) is 94.6 Å². The smallest absolute Gasteiger partial charge is 0.340 e. The number of imide groups is 1. The van der Waals surface area contributed by atoms with Gasteiger partial charge in [-0.2, -0.15) is 0 Å². The van der Waals surface area contributed by atoms with Crippen LogP contribution in [0.15, 0.2) is 66.7 Å². The minimum atomic E-state index is -1.35. The van der Waals surface area contributed by atoms with Crippen LogP contribution in [0.25, 0.3) is 0 Å². The van der Waals surface area contributed by atoms with E-state index >= 15 is 0 Å². The Kier molecular flexibility index (Phi) is 4.10. The van der Waals surface area contributed by atoms with Crippen LogP contribution < -0.4 is 4.74 Å². The summed E-state index contributed by atoms with van der Waals surface area (Å²) in [7, 11) is 0. The number of phenolic OH excluding ortho intramolecular Hbond substituents is 2. The van der Waals surface area contributed by atoms with Gasteiger partial charge in [0.1, 0.15) is 23.0 Å². The van der Waals surface area contributed by atoms with Gasteiger partial charge in [-0.25, -0.2) is 4.79 Å². The summed E-state index contributed by atoms with van der Waals surface area (Å²) in [4.78, 5) is 38.0. The van der Waals surface area contributed by atoms with E-state index in [-0.39, 0.29) is 29.9 Å². The number of aromatic hydroxyl groups is 2. The van der Waals surface area contributed by atoms with Crippen LogP contribution in [0.4, 0.5) is 0 Å². The summed E-state index contributed by atoms with van der Waals surface area (Å²) in [5, 5.41) is 20.1. The molecule has 0 saturated carbocycles. The van der Waals surface area contributed by atoms with Crippen molar-refractivity contribution in [1.29, 1.82) is 0 Å². The standard InChI is InChI=1S/C26H17NO7/c28-15-2-5-18-21(12-15)33-22-13-16(29)3-6-19(22)26(18)20-11-14(1-4-17(20)25(32)34-26)9-10-27-23(30)7-8-24(27)31/h1-8,11-13,28-29H,9-10H2. The Labute approximate surface area is 193 Å². The number of esters is 1. The van der Waals surface area contributed by atoms with E-state index in [1.54, 1.807) is 24.3 Å². The lowest BCUT2D eigenvalue weighted by Crippen LogP contribution is -2.33. The largest absolute Gasteiger partial charge is 0.508 e. The Balaban J connectivity index is 1.50. The van der Waals surface area contributed by atoms with Gasteiger partial charge in [-0.3, -0.25) is 14.5 Å². The molecule has 8 heteroatoms. The molecule has 1 spiro atoms. The van der Waals surface area contributed by atoms with Crippen LogP contribution in [0.2, 0.25) is 0 Å². The number of carbonyl (C=O) groups is 3. The van der Waals surface area contributed by atoms with Gasteiger partial charge in [0.25, 0.3) is 11.8 Å². The van der Waals surface area contributed by atoms with Gasteiger partial charge in [-0.15, -0.1) is 0 Å². The van der Waals surface area contributed by atoms with Crippen LogP contribution in [-0.4, -0.2) is 39.4 Å². The highest BCUT2D eigenvalue weighted by Gasteiger charge is 2.53. The average molecular weight is 455 g/mol. The number of ether oxygens (including phenoxy) is 2. The molecule has 6 rings (SSSR count). The van der Waals surface area contributed by atoms with E-state index < -0.39 is 11.6 Å². The molecule has 3 aromatic carbocycles. The fraction of sp³-hybridized carbons (Fsp3) is 0.115. The predicted octanol–water partition coefficient (Wildman–Crippen LogP) is 3.13. The molecule has 0 atom stereocenters. The van der Waals surface area contributed by atoms with Crippen molar-refractivity contribution in [2.75, 3.05) is 6.54 Å². The molecule has 34 heavy (non-hydrogen) atoms. The number of carbonyl (C=O) groups excluding carboxylic acids is 3. The van der Waals surface area contributed by atoms with Gasteiger partial charge in [-0.1, -0.05) is 12.1 Å². The molecular weight excluding hydrogens is 438 g/mol. The molecule has 3 aromatic rings. The Hall–Kier alpha value is -4.59. The summed E-state index contributed by atoms with van der Waals surface area (Å²) in [6.07, 6.45) is 2.87. The normalized spacial score (nSPS) is 16.8. The maximum atomic E-state index is 13.0. The van der Waals surface area contributed by atoms with Crippen molar-refractivity contribution in [1.82, 2.24) is 4.90 Å². The zero-order valence-corrected chi connectivity index (χ0v) is 17.6. The van der Waals surface area contributed by atoms with Crippen molar-refractivity contribution in [3.8, 4) is 23.0 Å². The molecule has 0 saturated heterocycles. The summed E-state index contributed by atoms with van der Waals surface area (Å²) in [5.41, 5.74) is 1.46. The molecule has 0 bridgehead atoms. The van der Waals surface area contributed by atoms with Crippen LogP contribution in [-0.2, 0) is 26.3 Å². The van der Waals surface area contributed by atoms with Gasteiger partial charge in [0.15, 0.2) is 5.60 Å². The van der Waals surface area contributed by atoms with E-state index in [1.165, 1.54) is 36.4 Å². The fourth-order valence-corrected chi connectivity index (χ4v) is 4.79. The molecule has 0 aliphatic carbocycles. The SMILES string of the molecule is O=C1OC2(c3ccc(O)cc3Oc3cc(O)ccc32)c2cc(CCN3C(=O)C=CC3=O)ccc21. The lowest BCUT2D eigenvalue weighted by Gasteiger charge is -2.36. The Bertz CT molecular complexity index is 1390. The molecule has 168 valence electrons. The van der Waals surface area contributed by atoms with Crippen molar-refractivity contribution in [3.63, 3.8) is 0 Å². The molecule has 8 nitrogen and oxygen atoms in total. The first-order valence-corrected chi connectivity index (χ1v) is 10.6. The lowest BCUT2D eigenvalue weighted by atomic mass is 9.77. The molecule has 0 unspecified atom stereocenters. The van der Waals surface area contributed by atoms with Crippen molar-refractivity contribution in [2.45, 2.75) is 12.0 Å². The lowest BCUT2D eigenvalue weighted by molar-refractivity contribution is -0.136. The van der Waals surface area contributed by atoms with Crippen molar-refractivity contribution in [2.24, 2.45) is 0 Å². The summed E-state index contributed by atoms with van der Waals surface area (Å²) in [5.74, 6) is -0.683. The van der Waals surface area contributed by atoms with Crippen molar-refractivity contribution < 1.29 is 34.1 Å². The number of fused-ring (bicyclic) bond motifs is 6. The number of rotatable bonds is 3. The number of phenols is 2. The molecule has 3 heterocycles. The Morgan fingerprint density at radius 2 is 1.38 bits per heavy atom. The van der Waals surface area contributed by atoms with Crippen LogP contribution in [0.1, 0.15) is 32.6 Å². The third-order valence-electron chi connectivity index (χ3n) is 6.36. The first-order valence-electron chi connectivity index (χ1n) is 10.6. The maximum absolute atomic E-state index is 13.0. The number of hydrogen-bond acceptors (Lipinski definition) is 7. The zero-order valence-electron chi connectivity index (χ0n) is 17.6. The van der Waals surface area contributed by atoms with E-state index in [2.05, 4.69) is 0 Å². The van der Waals surface area contributed by atoms with E-state index in [1.807, 2.05) is 6.07 Å². The maximum Gasteiger partial charge on any atom is 0.340 e. The molecule has 2 N–H and O–H groups in total. The third-order valence-corrected chi connectivity index (χ3v) is 6.36. The number of amides is 2. The minimum absolute atomic E-state index is 0.0237. The second-order valence-corrected chi connectivity index (χ2v) is 8.33. The number of hydrogen-bond donors (Lipinski definition) is 2. The molecule has 0 radical (unpaired) electrons. The second-order valence-electron chi connectivity index (χ2n) is 8.33. The van der Waals surface area contributed by atoms with E-state index in [4.69, 9.17) is 9.47 Å². The zero-order chi connectivity index (χ0) is 23.6. The summed E-state index contributed by atoms with van der Waals surface area (Å²) in [6, 6.07) is 14.4. The monoisotopic (exact) mass is 455 g/mol. The summed E-state index contributed by atoms with van der Waals surface area (Å²) < 4.78 is 12.0. The quantitative estimate of drug-likeness (QED) is 0.461. The second kappa shape index (κ2) is 6.95. The average Bonchev–Trinajstić information content (AvgIpc) is 3.28. The number of nitrogens with zero attached hydrogens (tertiary/aromatic N) is 1. The number of benzene rings is 3. The van der Waals surface area contributed by atoms with E-state index in [0.717, 1.165) is 10.5 Å². The van der Waals surface area contributed by atoms with Crippen LogP contribution in [0.5, 0.6) is 23.0 Å². The van der Waals surface area contributed by atoms with Crippen LogP contribution >= 0.6 is 0 Å². The van der Waals surface area contributed by atoms with Gasteiger partial charge in [-0.05, 0) is 42.3 Å². The van der Waals surface area contributed by atoms with E-state index in [9.17, 15) is 24.6 Å². The molecule has 3 aliphatic heterocycles.